The molecule has 0 saturated carbocycles. The standard InChI is InChI=1S/C16H17Br2NO/c1-3-20-15-9-8-11(10-14(15)18)16(19-2)12-6-4-5-7-13(12)17/h4-10,16,19H,3H2,1-2H3. The zero-order chi connectivity index (χ0) is 14.5. The van der Waals surface area contributed by atoms with Gasteiger partial charge in [0.25, 0.3) is 0 Å². The average Bonchev–Trinajstić information content (AvgIpc) is 2.45. The van der Waals surface area contributed by atoms with Crippen molar-refractivity contribution in [3.05, 3.63) is 62.5 Å². The van der Waals surface area contributed by atoms with Gasteiger partial charge in [-0.25, -0.2) is 0 Å². The van der Waals surface area contributed by atoms with Gasteiger partial charge in [0, 0.05) is 4.47 Å². The lowest BCUT2D eigenvalue weighted by molar-refractivity contribution is 0.338. The minimum absolute atomic E-state index is 0.137. The minimum atomic E-state index is 0.137. The van der Waals surface area contributed by atoms with E-state index in [1.165, 1.54) is 11.1 Å². The monoisotopic (exact) mass is 397 g/mol. The van der Waals surface area contributed by atoms with Crippen LogP contribution < -0.4 is 10.1 Å². The van der Waals surface area contributed by atoms with E-state index in [0.29, 0.717) is 6.61 Å². The number of rotatable bonds is 5. The van der Waals surface area contributed by atoms with E-state index in [1.54, 1.807) is 0 Å². The minimum Gasteiger partial charge on any atom is -0.493 e. The molecule has 2 aromatic rings. The van der Waals surface area contributed by atoms with Gasteiger partial charge in [0.05, 0.1) is 17.1 Å². The summed E-state index contributed by atoms with van der Waals surface area (Å²) in [4.78, 5) is 0. The van der Waals surface area contributed by atoms with Gasteiger partial charge in [-0.15, -0.1) is 0 Å². The second kappa shape index (κ2) is 7.25. The molecule has 0 fully saturated rings. The van der Waals surface area contributed by atoms with Gasteiger partial charge in [0.1, 0.15) is 5.75 Å². The highest BCUT2D eigenvalue weighted by Crippen LogP contribution is 2.33. The summed E-state index contributed by atoms with van der Waals surface area (Å²) in [5.41, 5.74) is 2.40. The van der Waals surface area contributed by atoms with Crippen LogP contribution in [-0.4, -0.2) is 13.7 Å². The summed E-state index contributed by atoms with van der Waals surface area (Å²) >= 11 is 7.19. The van der Waals surface area contributed by atoms with E-state index in [1.807, 2.05) is 32.2 Å². The molecule has 2 nitrogen and oxygen atoms in total. The van der Waals surface area contributed by atoms with Crippen LogP contribution in [0.3, 0.4) is 0 Å². The van der Waals surface area contributed by atoms with Crippen molar-refractivity contribution in [3.8, 4) is 5.75 Å². The van der Waals surface area contributed by atoms with Crippen molar-refractivity contribution in [1.82, 2.24) is 5.32 Å². The van der Waals surface area contributed by atoms with E-state index in [-0.39, 0.29) is 6.04 Å². The van der Waals surface area contributed by atoms with Crippen molar-refractivity contribution in [2.24, 2.45) is 0 Å². The average molecular weight is 399 g/mol. The molecule has 106 valence electrons. The van der Waals surface area contributed by atoms with Crippen molar-refractivity contribution in [3.63, 3.8) is 0 Å². The van der Waals surface area contributed by atoms with E-state index < -0.39 is 0 Å². The largest absolute Gasteiger partial charge is 0.493 e. The van der Waals surface area contributed by atoms with Gasteiger partial charge in [-0.05, 0) is 59.2 Å². The van der Waals surface area contributed by atoms with Gasteiger partial charge in [-0.1, -0.05) is 40.2 Å². The highest BCUT2D eigenvalue weighted by Gasteiger charge is 2.15. The van der Waals surface area contributed by atoms with Gasteiger partial charge >= 0.3 is 0 Å². The molecule has 1 N–H and O–H groups in total. The molecule has 0 saturated heterocycles. The molecule has 0 aliphatic rings. The molecule has 0 heterocycles. The molecule has 0 radical (unpaired) electrons. The van der Waals surface area contributed by atoms with Crippen molar-refractivity contribution < 1.29 is 4.74 Å². The normalized spacial score (nSPS) is 12.2. The first-order valence-corrected chi connectivity index (χ1v) is 8.10. The molecule has 0 spiro atoms. The third kappa shape index (κ3) is 3.43. The van der Waals surface area contributed by atoms with E-state index in [9.17, 15) is 0 Å². The van der Waals surface area contributed by atoms with Crippen LogP contribution in [0, 0.1) is 0 Å². The van der Waals surface area contributed by atoms with Crippen LogP contribution in [0.5, 0.6) is 5.75 Å². The molecule has 0 aliphatic heterocycles. The highest BCUT2D eigenvalue weighted by molar-refractivity contribution is 9.10. The molecular weight excluding hydrogens is 382 g/mol. The van der Waals surface area contributed by atoms with Crippen molar-refractivity contribution >= 4 is 31.9 Å². The number of ether oxygens (including phenoxy) is 1. The Labute approximate surface area is 136 Å². The predicted molar refractivity (Wildman–Crippen MR) is 90.4 cm³/mol. The summed E-state index contributed by atoms with van der Waals surface area (Å²) in [5.74, 6) is 0.873. The third-order valence-electron chi connectivity index (χ3n) is 3.09. The van der Waals surface area contributed by atoms with Crippen molar-refractivity contribution in [2.45, 2.75) is 13.0 Å². The van der Waals surface area contributed by atoms with Crippen LogP contribution in [0.25, 0.3) is 0 Å². The van der Waals surface area contributed by atoms with Crippen LogP contribution in [0.15, 0.2) is 51.4 Å². The molecule has 0 aromatic heterocycles. The Balaban J connectivity index is 2.38. The van der Waals surface area contributed by atoms with Gasteiger partial charge in [-0.2, -0.15) is 0 Å². The van der Waals surface area contributed by atoms with E-state index in [0.717, 1.165) is 14.7 Å². The number of nitrogens with one attached hydrogen (secondary N) is 1. The second-order valence-corrected chi connectivity index (χ2v) is 6.07. The highest BCUT2D eigenvalue weighted by atomic mass is 79.9. The predicted octanol–water partition coefficient (Wildman–Crippen LogP) is 4.92. The zero-order valence-electron chi connectivity index (χ0n) is 11.5. The van der Waals surface area contributed by atoms with Crippen LogP contribution in [0.1, 0.15) is 24.1 Å². The Bertz CT molecular complexity index is 586. The maximum absolute atomic E-state index is 5.56. The molecule has 2 rings (SSSR count). The van der Waals surface area contributed by atoms with Crippen molar-refractivity contribution in [1.29, 1.82) is 0 Å². The van der Waals surface area contributed by atoms with Crippen LogP contribution in [0.2, 0.25) is 0 Å². The molecule has 4 heteroatoms. The van der Waals surface area contributed by atoms with Crippen LogP contribution in [0.4, 0.5) is 0 Å². The molecular formula is C16H17Br2NO. The zero-order valence-corrected chi connectivity index (χ0v) is 14.7. The topological polar surface area (TPSA) is 21.3 Å². The van der Waals surface area contributed by atoms with Gasteiger partial charge < -0.3 is 10.1 Å². The maximum Gasteiger partial charge on any atom is 0.133 e. The number of benzene rings is 2. The van der Waals surface area contributed by atoms with Gasteiger partial charge in [0.2, 0.25) is 0 Å². The summed E-state index contributed by atoms with van der Waals surface area (Å²) < 4.78 is 7.64. The fraction of sp³-hybridized carbons (Fsp3) is 0.250. The van der Waals surface area contributed by atoms with Crippen LogP contribution in [-0.2, 0) is 0 Å². The first-order valence-electron chi connectivity index (χ1n) is 6.51. The lowest BCUT2D eigenvalue weighted by Gasteiger charge is -2.19. The summed E-state index contributed by atoms with van der Waals surface area (Å²) in [6.07, 6.45) is 0. The molecule has 2 aromatic carbocycles. The van der Waals surface area contributed by atoms with E-state index in [4.69, 9.17) is 4.74 Å². The van der Waals surface area contributed by atoms with Gasteiger partial charge in [0.15, 0.2) is 0 Å². The number of hydrogen-bond donors (Lipinski definition) is 1. The van der Waals surface area contributed by atoms with Crippen molar-refractivity contribution in [2.75, 3.05) is 13.7 Å². The Morgan fingerprint density at radius 1 is 1.10 bits per heavy atom. The molecule has 0 aliphatic carbocycles. The Hall–Kier alpha value is -0.840. The summed E-state index contributed by atoms with van der Waals surface area (Å²) in [7, 11) is 1.97. The second-order valence-electron chi connectivity index (χ2n) is 4.37. The van der Waals surface area contributed by atoms with Gasteiger partial charge in [-0.3, -0.25) is 0 Å². The molecule has 0 amide bonds. The summed E-state index contributed by atoms with van der Waals surface area (Å²) in [5, 5.41) is 3.36. The molecule has 1 unspecified atom stereocenters. The number of halogens is 2. The third-order valence-corrected chi connectivity index (χ3v) is 4.44. The first kappa shape index (κ1) is 15.5. The summed E-state index contributed by atoms with van der Waals surface area (Å²) in [6, 6.07) is 14.6. The quantitative estimate of drug-likeness (QED) is 0.771. The number of hydrogen-bond acceptors (Lipinski definition) is 2. The molecule has 0 bridgehead atoms. The fourth-order valence-corrected chi connectivity index (χ4v) is 3.20. The lowest BCUT2D eigenvalue weighted by atomic mass is 9.99. The Kier molecular flexibility index (Phi) is 5.64. The van der Waals surface area contributed by atoms with E-state index >= 15 is 0 Å². The summed E-state index contributed by atoms with van der Waals surface area (Å²) in [6.45, 7) is 2.65. The SMILES string of the molecule is CCOc1ccc(C(NC)c2ccccc2Br)cc1Br. The Morgan fingerprint density at radius 2 is 1.85 bits per heavy atom. The first-order chi connectivity index (χ1) is 9.67. The van der Waals surface area contributed by atoms with Crippen LogP contribution >= 0.6 is 31.9 Å². The smallest absolute Gasteiger partial charge is 0.133 e. The molecule has 1 atom stereocenters. The van der Waals surface area contributed by atoms with E-state index in [2.05, 4.69) is 61.4 Å². The molecule has 20 heavy (non-hydrogen) atoms. The maximum atomic E-state index is 5.56. The lowest BCUT2D eigenvalue weighted by Crippen LogP contribution is -2.18. The Morgan fingerprint density at radius 3 is 2.45 bits per heavy atom. The fourth-order valence-electron chi connectivity index (χ4n) is 2.18.